The summed E-state index contributed by atoms with van der Waals surface area (Å²) in [5.41, 5.74) is 0. The summed E-state index contributed by atoms with van der Waals surface area (Å²) in [7, 11) is 1.37. The molecule has 8 nitrogen and oxygen atoms in total. The molecule has 2 atom stereocenters. The molecule has 0 rings (SSSR count). The third-order valence-electron chi connectivity index (χ3n) is 11.3. The van der Waals surface area contributed by atoms with Gasteiger partial charge in [0, 0.05) is 13.0 Å². The van der Waals surface area contributed by atoms with Crippen LogP contribution in [0.15, 0.2) is 12.2 Å². The average Bonchev–Trinajstić information content (AvgIpc) is 3.19. The highest BCUT2D eigenvalue weighted by atomic mass is 31.2. The number of rotatable bonds is 48. The maximum absolute atomic E-state index is 12.7. The van der Waals surface area contributed by atoms with Crippen molar-refractivity contribution >= 4 is 13.8 Å². The van der Waals surface area contributed by atoms with Crippen LogP contribution in [-0.2, 0) is 27.9 Å². The Hall–Kier alpha value is -0.760. The van der Waals surface area contributed by atoms with Crippen LogP contribution in [0.5, 0.6) is 0 Å². The molecular formula is C50H100NO7P. The Kier molecular flexibility index (Phi) is 43.3. The summed E-state index contributed by atoms with van der Waals surface area (Å²) in [6.07, 6.45) is 49.5. The Balaban J connectivity index is 4.04. The fraction of sp³-hybridized carbons (Fsp3) is 0.940. The number of unbranched alkanes of at least 4 members (excludes halogenated alkanes) is 32. The van der Waals surface area contributed by atoms with Crippen molar-refractivity contribution in [1.82, 2.24) is 0 Å². The van der Waals surface area contributed by atoms with E-state index in [0.717, 1.165) is 32.1 Å². The maximum atomic E-state index is 12.7. The molecule has 0 saturated carbocycles. The zero-order valence-corrected chi connectivity index (χ0v) is 40.9. The van der Waals surface area contributed by atoms with Crippen LogP contribution in [0.3, 0.4) is 0 Å². The van der Waals surface area contributed by atoms with E-state index in [-0.39, 0.29) is 25.8 Å². The molecule has 0 aliphatic rings. The van der Waals surface area contributed by atoms with E-state index in [2.05, 4.69) is 26.0 Å². The van der Waals surface area contributed by atoms with E-state index in [1.165, 1.54) is 193 Å². The minimum Gasteiger partial charge on any atom is -0.756 e. The molecule has 0 N–H and O–H groups in total. The van der Waals surface area contributed by atoms with Crippen molar-refractivity contribution in [3.63, 3.8) is 0 Å². The fourth-order valence-corrected chi connectivity index (χ4v) is 8.10. The number of likely N-dealkylation sites (N-methyl/N-ethyl adjacent to an activating group) is 1. The third kappa shape index (κ3) is 48.1. The van der Waals surface area contributed by atoms with Crippen molar-refractivity contribution in [2.75, 3.05) is 54.1 Å². The van der Waals surface area contributed by atoms with E-state index < -0.39 is 13.9 Å². The number of nitrogens with zero attached hydrogens (tertiary/aromatic N) is 1. The first-order chi connectivity index (χ1) is 28.6. The SMILES string of the molecule is CCCCCCCCCC/C=C\CCCCCCCCCCCCCCOCC(COP(=O)([O-])OCC[N+](C)(C)C)OC(=O)CCCCCCCCCCCCCCC. The van der Waals surface area contributed by atoms with Gasteiger partial charge >= 0.3 is 5.97 Å². The van der Waals surface area contributed by atoms with Crippen molar-refractivity contribution in [3.05, 3.63) is 12.2 Å². The van der Waals surface area contributed by atoms with Crippen LogP contribution < -0.4 is 4.89 Å². The van der Waals surface area contributed by atoms with Crippen LogP contribution in [0.4, 0.5) is 0 Å². The maximum Gasteiger partial charge on any atom is 0.306 e. The van der Waals surface area contributed by atoms with E-state index in [1.807, 2.05) is 21.1 Å². The molecule has 0 bridgehead atoms. The number of ether oxygens (including phenoxy) is 2. The smallest absolute Gasteiger partial charge is 0.306 e. The second-order valence-electron chi connectivity index (χ2n) is 18.5. The number of allylic oxidation sites excluding steroid dienone is 2. The summed E-state index contributed by atoms with van der Waals surface area (Å²) in [4.78, 5) is 25.1. The standard InChI is InChI=1S/C50H100NO7P/c1-6-8-10-12-14-16-18-20-21-22-23-24-25-26-27-28-29-30-32-34-36-38-40-42-45-55-47-49(48-57-59(53,54)56-46-44-51(3,4)5)58-50(52)43-41-39-37-35-33-31-19-17-15-13-11-9-7-2/h22-23,49H,6-21,24-48H2,1-5H3/b23-22-. The lowest BCUT2D eigenvalue weighted by Gasteiger charge is -2.28. The largest absolute Gasteiger partial charge is 0.756 e. The molecule has 0 fully saturated rings. The summed E-state index contributed by atoms with van der Waals surface area (Å²) in [6.45, 7) is 5.46. The molecule has 0 spiro atoms. The molecule has 0 aliphatic heterocycles. The second-order valence-corrected chi connectivity index (χ2v) is 19.9. The highest BCUT2D eigenvalue weighted by Crippen LogP contribution is 2.38. The number of esters is 1. The highest BCUT2D eigenvalue weighted by Gasteiger charge is 2.20. The second kappa shape index (κ2) is 43.9. The Bertz CT molecular complexity index is 956. The van der Waals surface area contributed by atoms with Gasteiger partial charge in [0.1, 0.15) is 19.3 Å². The van der Waals surface area contributed by atoms with E-state index in [9.17, 15) is 14.3 Å². The normalized spacial score (nSPS) is 13.7. The van der Waals surface area contributed by atoms with Gasteiger partial charge in [-0.05, 0) is 38.5 Å². The number of carbonyl (C=O) groups excluding carboxylic acids is 1. The van der Waals surface area contributed by atoms with Crippen LogP contribution in [0.2, 0.25) is 0 Å². The molecule has 59 heavy (non-hydrogen) atoms. The third-order valence-corrected chi connectivity index (χ3v) is 12.3. The molecule has 0 heterocycles. The van der Waals surface area contributed by atoms with Gasteiger partial charge in [-0.15, -0.1) is 0 Å². The van der Waals surface area contributed by atoms with E-state index in [0.29, 0.717) is 24.1 Å². The molecule has 0 aromatic carbocycles. The minimum atomic E-state index is -4.52. The minimum absolute atomic E-state index is 0.0298. The van der Waals surface area contributed by atoms with Gasteiger partial charge in [0.15, 0.2) is 0 Å². The Morgan fingerprint density at radius 2 is 0.881 bits per heavy atom. The quantitative estimate of drug-likeness (QED) is 0.0198. The van der Waals surface area contributed by atoms with E-state index in [4.69, 9.17) is 18.5 Å². The van der Waals surface area contributed by atoms with Crippen molar-refractivity contribution in [3.8, 4) is 0 Å². The number of hydrogen-bond donors (Lipinski definition) is 0. The molecule has 0 saturated heterocycles. The lowest BCUT2D eigenvalue weighted by atomic mass is 10.0. The zero-order chi connectivity index (χ0) is 43.4. The van der Waals surface area contributed by atoms with Gasteiger partial charge in [-0.3, -0.25) is 9.36 Å². The molecule has 352 valence electrons. The van der Waals surface area contributed by atoms with Crippen LogP contribution >= 0.6 is 7.82 Å². The topological polar surface area (TPSA) is 94.1 Å². The number of carbonyl (C=O) groups is 1. The molecule has 0 aliphatic carbocycles. The molecule has 2 unspecified atom stereocenters. The van der Waals surface area contributed by atoms with Gasteiger partial charge in [0.05, 0.1) is 34.4 Å². The van der Waals surface area contributed by atoms with Gasteiger partial charge < -0.3 is 27.9 Å². The number of hydrogen-bond acceptors (Lipinski definition) is 7. The van der Waals surface area contributed by atoms with Crippen LogP contribution in [0.25, 0.3) is 0 Å². The molecular weight excluding hydrogens is 758 g/mol. The highest BCUT2D eigenvalue weighted by molar-refractivity contribution is 7.45. The molecule has 0 amide bonds. The number of quaternary nitrogens is 1. The molecule has 0 aromatic heterocycles. The van der Waals surface area contributed by atoms with E-state index in [1.54, 1.807) is 0 Å². The Morgan fingerprint density at radius 1 is 0.508 bits per heavy atom. The van der Waals surface area contributed by atoms with Gasteiger partial charge in [0.2, 0.25) is 0 Å². The van der Waals surface area contributed by atoms with Crippen molar-refractivity contribution < 1.29 is 37.3 Å². The number of phosphoric ester groups is 1. The number of phosphoric acid groups is 1. The van der Waals surface area contributed by atoms with Crippen molar-refractivity contribution in [1.29, 1.82) is 0 Å². The molecule has 9 heteroatoms. The lowest BCUT2D eigenvalue weighted by molar-refractivity contribution is -0.870. The van der Waals surface area contributed by atoms with Crippen LogP contribution in [-0.4, -0.2) is 70.7 Å². The molecule has 0 radical (unpaired) electrons. The summed E-state index contributed by atoms with van der Waals surface area (Å²) >= 11 is 0. The van der Waals surface area contributed by atoms with Crippen LogP contribution in [0, 0.1) is 0 Å². The zero-order valence-electron chi connectivity index (χ0n) is 40.0. The first-order valence-corrected chi connectivity index (χ1v) is 26.9. The Morgan fingerprint density at radius 3 is 1.29 bits per heavy atom. The summed E-state index contributed by atoms with van der Waals surface area (Å²) in [6, 6.07) is 0. The predicted octanol–water partition coefficient (Wildman–Crippen LogP) is 14.8. The first kappa shape index (κ1) is 58.2. The van der Waals surface area contributed by atoms with Crippen molar-refractivity contribution in [2.45, 2.75) is 251 Å². The monoisotopic (exact) mass is 858 g/mol. The van der Waals surface area contributed by atoms with Crippen molar-refractivity contribution in [2.24, 2.45) is 0 Å². The van der Waals surface area contributed by atoms with Gasteiger partial charge in [-0.1, -0.05) is 212 Å². The predicted molar refractivity (Wildman–Crippen MR) is 250 cm³/mol. The van der Waals surface area contributed by atoms with E-state index >= 15 is 0 Å². The van der Waals surface area contributed by atoms with Gasteiger partial charge in [0.25, 0.3) is 7.82 Å². The summed E-state index contributed by atoms with van der Waals surface area (Å²) in [5.74, 6) is -0.329. The van der Waals surface area contributed by atoms with Gasteiger partial charge in [-0.25, -0.2) is 0 Å². The van der Waals surface area contributed by atoms with Gasteiger partial charge in [-0.2, -0.15) is 0 Å². The average molecular weight is 858 g/mol. The molecule has 0 aromatic rings. The lowest BCUT2D eigenvalue weighted by Crippen LogP contribution is -2.37. The fourth-order valence-electron chi connectivity index (χ4n) is 7.37. The summed E-state index contributed by atoms with van der Waals surface area (Å²) < 4.78 is 34.7. The first-order valence-electron chi connectivity index (χ1n) is 25.4. The van der Waals surface area contributed by atoms with Crippen LogP contribution in [0.1, 0.15) is 245 Å². The Labute approximate surface area is 367 Å². The summed E-state index contributed by atoms with van der Waals surface area (Å²) in [5, 5.41) is 0.